The van der Waals surface area contributed by atoms with Crippen molar-refractivity contribution in [2.45, 2.75) is 46.2 Å². The van der Waals surface area contributed by atoms with E-state index in [9.17, 15) is 4.79 Å². The van der Waals surface area contributed by atoms with Crippen LogP contribution in [0, 0.1) is 0 Å². The van der Waals surface area contributed by atoms with E-state index in [0.29, 0.717) is 6.67 Å². The van der Waals surface area contributed by atoms with Crippen LogP contribution in [0.5, 0.6) is 0 Å². The van der Waals surface area contributed by atoms with Gasteiger partial charge in [-0.05, 0) is 44.1 Å². The third kappa shape index (κ3) is 4.04. The Kier molecular flexibility index (Phi) is 5.89. The normalized spacial score (nSPS) is 11.4. The number of carbonyl (C=O) groups is 1. The number of rotatable bonds is 9. The quantitative estimate of drug-likeness (QED) is 0.771. The summed E-state index contributed by atoms with van der Waals surface area (Å²) in [7, 11) is 0. The molecule has 0 aliphatic rings. The molecule has 1 aromatic heterocycles. The van der Waals surface area contributed by atoms with E-state index in [-0.39, 0.29) is 5.56 Å². The number of hydrogen-bond acceptors (Lipinski definition) is 4. The second kappa shape index (κ2) is 7.89. The molecule has 0 fully saturated rings. The topological polar surface area (TPSA) is 71.2 Å². The van der Waals surface area contributed by atoms with Crippen molar-refractivity contribution in [2.75, 3.05) is 13.1 Å². The Morgan fingerprint density at radius 3 is 2.50 bits per heavy atom. The molecule has 0 unspecified atom stereocenters. The SMILES string of the molecule is CCCCN(CCCC)Cn1nnc2ccc(C(=O)O)cc21. The van der Waals surface area contributed by atoms with Gasteiger partial charge in [0.15, 0.2) is 0 Å². The third-order valence-corrected chi connectivity index (χ3v) is 3.75. The van der Waals surface area contributed by atoms with Crippen molar-refractivity contribution < 1.29 is 9.90 Å². The fraction of sp³-hybridized carbons (Fsp3) is 0.562. The Morgan fingerprint density at radius 1 is 1.23 bits per heavy atom. The smallest absolute Gasteiger partial charge is 0.335 e. The van der Waals surface area contributed by atoms with Gasteiger partial charge in [-0.1, -0.05) is 31.9 Å². The summed E-state index contributed by atoms with van der Waals surface area (Å²) in [6, 6.07) is 4.93. The van der Waals surface area contributed by atoms with Crippen LogP contribution < -0.4 is 0 Å². The number of carboxylic acids is 1. The van der Waals surface area contributed by atoms with E-state index >= 15 is 0 Å². The standard InChI is InChI=1S/C16H24N4O2/c1-3-5-9-19(10-6-4-2)12-20-15-11-13(16(21)22)7-8-14(15)17-18-20/h7-8,11H,3-6,9-10,12H2,1-2H3,(H,21,22). The van der Waals surface area contributed by atoms with Crippen LogP contribution in [0.4, 0.5) is 0 Å². The molecule has 1 heterocycles. The maximum atomic E-state index is 11.1. The van der Waals surface area contributed by atoms with Crippen molar-refractivity contribution in [3.8, 4) is 0 Å². The Bertz CT molecular complexity index is 616. The number of benzene rings is 1. The van der Waals surface area contributed by atoms with E-state index in [0.717, 1.165) is 49.8 Å². The molecule has 0 saturated carbocycles. The molecule has 1 N–H and O–H groups in total. The van der Waals surface area contributed by atoms with Gasteiger partial charge in [0.1, 0.15) is 5.52 Å². The predicted molar refractivity (Wildman–Crippen MR) is 85.9 cm³/mol. The summed E-state index contributed by atoms with van der Waals surface area (Å²) >= 11 is 0. The molecule has 0 saturated heterocycles. The Labute approximate surface area is 130 Å². The molecular formula is C16H24N4O2. The fourth-order valence-electron chi connectivity index (χ4n) is 2.41. The average Bonchev–Trinajstić information content (AvgIpc) is 2.92. The van der Waals surface area contributed by atoms with E-state index in [1.807, 2.05) is 0 Å². The number of aromatic nitrogens is 3. The van der Waals surface area contributed by atoms with Crippen molar-refractivity contribution >= 4 is 17.0 Å². The zero-order valence-corrected chi connectivity index (χ0v) is 13.3. The highest BCUT2D eigenvalue weighted by Crippen LogP contribution is 2.14. The Balaban J connectivity index is 2.20. The summed E-state index contributed by atoms with van der Waals surface area (Å²) in [5.41, 5.74) is 1.78. The maximum Gasteiger partial charge on any atom is 0.335 e. The van der Waals surface area contributed by atoms with Gasteiger partial charge < -0.3 is 5.11 Å². The highest BCUT2D eigenvalue weighted by atomic mass is 16.4. The molecule has 0 aliphatic heterocycles. The van der Waals surface area contributed by atoms with Crippen molar-refractivity contribution in [3.63, 3.8) is 0 Å². The molecule has 2 aromatic rings. The van der Waals surface area contributed by atoms with E-state index in [2.05, 4.69) is 29.1 Å². The first kappa shape index (κ1) is 16.4. The molecule has 0 radical (unpaired) electrons. The largest absolute Gasteiger partial charge is 0.478 e. The van der Waals surface area contributed by atoms with Gasteiger partial charge in [-0.3, -0.25) is 4.90 Å². The molecule has 1 aromatic carbocycles. The summed E-state index contributed by atoms with van der Waals surface area (Å²) in [6.45, 7) is 7.07. The summed E-state index contributed by atoms with van der Waals surface area (Å²) in [4.78, 5) is 13.5. The minimum Gasteiger partial charge on any atom is -0.478 e. The highest BCUT2D eigenvalue weighted by molar-refractivity contribution is 5.92. The minimum absolute atomic E-state index is 0.268. The van der Waals surface area contributed by atoms with Crippen LogP contribution in [0.15, 0.2) is 18.2 Å². The number of nitrogens with zero attached hydrogens (tertiary/aromatic N) is 4. The van der Waals surface area contributed by atoms with E-state index in [1.54, 1.807) is 22.9 Å². The van der Waals surface area contributed by atoms with Gasteiger partial charge in [-0.25, -0.2) is 9.48 Å². The molecule has 0 spiro atoms. The van der Waals surface area contributed by atoms with E-state index in [4.69, 9.17) is 5.11 Å². The third-order valence-electron chi connectivity index (χ3n) is 3.75. The van der Waals surface area contributed by atoms with Crippen LogP contribution in [-0.4, -0.2) is 44.1 Å². The van der Waals surface area contributed by atoms with Crippen LogP contribution in [-0.2, 0) is 6.67 Å². The predicted octanol–water partition coefficient (Wildman–Crippen LogP) is 2.99. The summed E-state index contributed by atoms with van der Waals surface area (Å²) in [5, 5.41) is 17.4. The first-order valence-electron chi connectivity index (χ1n) is 7.94. The van der Waals surface area contributed by atoms with Crippen molar-refractivity contribution in [2.24, 2.45) is 0 Å². The Hall–Kier alpha value is -1.95. The first-order valence-corrected chi connectivity index (χ1v) is 7.94. The number of hydrogen-bond donors (Lipinski definition) is 1. The zero-order chi connectivity index (χ0) is 15.9. The van der Waals surface area contributed by atoms with Gasteiger partial charge in [0.25, 0.3) is 0 Å². The van der Waals surface area contributed by atoms with Gasteiger partial charge in [0, 0.05) is 0 Å². The fourth-order valence-corrected chi connectivity index (χ4v) is 2.41. The monoisotopic (exact) mass is 304 g/mol. The zero-order valence-electron chi connectivity index (χ0n) is 13.3. The molecule has 6 nitrogen and oxygen atoms in total. The first-order chi connectivity index (χ1) is 10.7. The summed E-state index contributed by atoms with van der Waals surface area (Å²) < 4.78 is 1.80. The van der Waals surface area contributed by atoms with E-state index in [1.165, 1.54) is 0 Å². The second-order valence-corrected chi connectivity index (χ2v) is 5.56. The van der Waals surface area contributed by atoms with Crippen LogP contribution in [0.2, 0.25) is 0 Å². The maximum absolute atomic E-state index is 11.1. The molecule has 22 heavy (non-hydrogen) atoms. The molecule has 0 aliphatic carbocycles. The molecule has 6 heteroatoms. The second-order valence-electron chi connectivity index (χ2n) is 5.56. The minimum atomic E-state index is -0.927. The van der Waals surface area contributed by atoms with Gasteiger partial charge in [-0.15, -0.1) is 5.10 Å². The van der Waals surface area contributed by atoms with Crippen molar-refractivity contribution in [1.82, 2.24) is 19.9 Å². The van der Waals surface area contributed by atoms with Gasteiger partial charge in [0.05, 0.1) is 17.7 Å². The van der Waals surface area contributed by atoms with Gasteiger partial charge in [0.2, 0.25) is 0 Å². The van der Waals surface area contributed by atoms with Crippen LogP contribution >= 0.6 is 0 Å². The number of carboxylic acid groups (broad SMARTS) is 1. The van der Waals surface area contributed by atoms with Crippen LogP contribution in [0.1, 0.15) is 49.9 Å². The number of aromatic carboxylic acids is 1. The number of unbranched alkanes of at least 4 members (excludes halogenated alkanes) is 2. The lowest BCUT2D eigenvalue weighted by atomic mass is 10.2. The van der Waals surface area contributed by atoms with Gasteiger partial charge >= 0.3 is 5.97 Å². The average molecular weight is 304 g/mol. The van der Waals surface area contributed by atoms with Crippen molar-refractivity contribution in [1.29, 1.82) is 0 Å². The van der Waals surface area contributed by atoms with Crippen molar-refractivity contribution in [3.05, 3.63) is 23.8 Å². The highest BCUT2D eigenvalue weighted by Gasteiger charge is 2.12. The van der Waals surface area contributed by atoms with Crippen LogP contribution in [0.3, 0.4) is 0 Å². The lowest BCUT2D eigenvalue weighted by Gasteiger charge is -2.21. The molecule has 2 rings (SSSR count). The van der Waals surface area contributed by atoms with Gasteiger partial charge in [-0.2, -0.15) is 0 Å². The number of fused-ring (bicyclic) bond motifs is 1. The van der Waals surface area contributed by atoms with E-state index < -0.39 is 5.97 Å². The van der Waals surface area contributed by atoms with Crippen LogP contribution in [0.25, 0.3) is 11.0 Å². The lowest BCUT2D eigenvalue weighted by molar-refractivity contribution is 0.0697. The Morgan fingerprint density at radius 2 is 1.91 bits per heavy atom. The molecule has 120 valence electrons. The lowest BCUT2D eigenvalue weighted by Crippen LogP contribution is -2.29. The molecule has 0 atom stereocenters. The molecule has 0 amide bonds. The molecule has 0 bridgehead atoms. The summed E-state index contributed by atoms with van der Waals surface area (Å²) in [6.07, 6.45) is 4.61. The molecular weight excluding hydrogens is 280 g/mol. The summed E-state index contributed by atoms with van der Waals surface area (Å²) in [5.74, 6) is -0.927.